The molecule has 11 nitrogen and oxygen atoms in total. The minimum absolute atomic E-state index is 0.0385. The van der Waals surface area contributed by atoms with Crippen LogP contribution in [-0.2, 0) is 41.8 Å². The largest absolute Gasteiger partial charge is 0.445 e. The maximum atomic E-state index is 13.3. The number of alkyl carbamates (subject to hydrolysis) is 1. The number of anilines is 1. The predicted octanol–water partition coefficient (Wildman–Crippen LogP) is 3.61. The first-order valence-corrected chi connectivity index (χ1v) is 15.2. The number of nitrogens with one attached hydrogen (secondary N) is 1. The lowest BCUT2D eigenvalue weighted by molar-refractivity contribution is -0.253. The summed E-state index contributed by atoms with van der Waals surface area (Å²) in [5.74, 6) is -0.964. The van der Waals surface area contributed by atoms with E-state index in [0.717, 1.165) is 34.7 Å². The van der Waals surface area contributed by atoms with Crippen LogP contribution >= 0.6 is 0 Å². The minimum atomic E-state index is -1.03. The third-order valence-electron chi connectivity index (χ3n) is 8.23. The number of aliphatic hydroxyl groups excluding tert-OH is 1. The van der Waals surface area contributed by atoms with Crippen LogP contribution in [0.25, 0.3) is 0 Å². The molecule has 3 heterocycles. The monoisotopic (exact) mass is 615 g/mol. The number of ether oxygens (including phenoxy) is 4. The number of morpholine rings is 1. The Morgan fingerprint density at radius 2 is 1.69 bits per heavy atom. The number of aliphatic hydroxyl groups is 1. The number of imide groups is 1. The molecule has 1 unspecified atom stereocenters. The highest BCUT2D eigenvalue weighted by Gasteiger charge is 2.41. The zero-order chi connectivity index (χ0) is 31.2. The summed E-state index contributed by atoms with van der Waals surface area (Å²) in [5.41, 5.74) is 3.63. The first kappa shape index (κ1) is 30.9. The summed E-state index contributed by atoms with van der Waals surface area (Å²) in [6.07, 6.45) is -1.46. The van der Waals surface area contributed by atoms with Gasteiger partial charge in [0.1, 0.15) is 12.6 Å². The van der Waals surface area contributed by atoms with Crippen LogP contribution in [0.5, 0.6) is 0 Å². The van der Waals surface area contributed by atoms with Crippen molar-refractivity contribution in [3.63, 3.8) is 0 Å². The van der Waals surface area contributed by atoms with E-state index in [9.17, 15) is 19.5 Å². The van der Waals surface area contributed by atoms with Crippen molar-refractivity contribution in [3.8, 4) is 0 Å². The molecule has 45 heavy (non-hydrogen) atoms. The molecule has 3 aromatic carbocycles. The molecular weight excluding hydrogens is 578 g/mol. The molecular formula is C34H37N3O8. The fraction of sp³-hybridized carbons (Fsp3) is 0.382. The van der Waals surface area contributed by atoms with Crippen LogP contribution in [0, 0.1) is 0 Å². The van der Waals surface area contributed by atoms with Gasteiger partial charge in [-0.25, -0.2) is 9.69 Å². The quantitative estimate of drug-likeness (QED) is 0.347. The van der Waals surface area contributed by atoms with Crippen molar-refractivity contribution >= 4 is 23.6 Å². The first-order valence-electron chi connectivity index (χ1n) is 15.2. The van der Waals surface area contributed by atoms with E-state index < -0.39 is 30.2 Å². The van der Waals surface area contributed by atoms with Gasteiger partial charge >= 0.3 is 6.09 Å². The molecule has 3 aliphatic rings. The van der Waals surface area contributed by atoms with Crippen molar-refractivity contribution in [2.75, 3.05) is 37.7 Å². The highest BCUT2D eigenvalue weighted by atomic mass is 16.7. The molecule has 0 aromatic heterocycles. The molecule has 0 saturated carbocycles. The Balaban J connectivity index is 1.16. The van der Waals surface area contributed by atoms with Crippen LogP contribution in [0.2, 0.25) is 0 Å². The molecule has 0 spiro atoms. The van der Waals surface area contributed by atoms with Crippen molar-refractivity contribution in [2.24, 2.45) is 0 Å². The topological polar surface area (TPSA) is 127 Å². The van der Waals surface area contributed by atoms with E-state index in [0.29, 0.717) is 37.4 Å². The normalized spacial score (nSPS) is 24.1. The molecule has 3 fully saturated rings. The van der Waals surface area contributed by atoms with E-state index in [1.165, 1.54) is 0 Å². The van der Waals surface area contributed by atoms with Gasteiger partial charge in [0.15, 0.2) is 6.29 Å². The van der Waals surface area contributed by atoms with Crippen LogP contribution in [0.3, 0.4) is 0 Å². The molecule has 3 saturated heterocycles. The summed E-state index contributed by atoms with van der Waals surface area (Å²) in [7, 11) is 0. The van der Waals surface area contributed by atoms with Gasteiger partial charge in [-0.05, 0) is 28.8 Å². The zero-order valence-corrected chi connectivity index (χ0v) is 24.9. The lowest BCUT2D eigenvalue weighted by Gasteiger charge is -2.39. The number of rotatable bonds is 9. The van der Waals surface area contributed by atoms with E-state index in [-0.39, 0.29) is 31.8 Å². The van der Waals surface area contributed by atoms with Gasteiger partial charge in [-0.1, -0.05) is 66.7 Å². The van der Waals surface area contributed by atoms with Gasteiger partial charge in [-0.3, -0.25) is 14.5 Å². The summed E-state index contributed by atoms with van der Waals surface area (Å²) in [6.45, 7) is 3.73. The number of nitrogens with zero attached hydrogens (tertiary/aromatic N) is 2. The van der Waals surface area contributed by atoms with E-state index >= 15 is 0 Å². The first-order chi connectivity index (χ1) is 22.0. The summed E-state index contributed by atoms with van der Waals surface area (Å²) in [6, 6.07) is 22.8. The summed E-state index contributed by atoms with van der Waals surface area (Å²) < 4.78 is 23.7. The van der Waals surface area contributed by atoms with E-state index in [1.54, 1.807) is 18.2 Å². The molecule has 6 rings (SSSR count). The van der Waals surface area contributed by atoms with Crippen LogP contribution in [-0.4, -0.2) is 72.9 Å². The smallest absolute Gasteiger partial charge is 0.408 e. The van der Waals surface area contributed by atoms with E-state index in [4.69, 9.17) is 18.9 Å². The third-order valence-corrected chi connectivity index (χ3v) is 8.23. The molecule has 4 atom stereocenters. The Morgan fingerprint density at radius 3 is 2.44 bits per heavy atom. The highest BCUT2D eigenvalue weighted by Crippen LogP contribution is 2.39. The van der Waals surface area contributed by atoms with Crippen LogP contribution in [0.1, 0.15) is 47.5 Å². The van der Waals surface area contributed by atoms with Crippen molar-refractivity contribution in [1.29, 1.82) is 0 Å². The lowest BCUT2D eigenvalue weighted by atomic mass is 9.99. The number of hydrogen-bond acceptors (Lipinski definition) is 9. The van der Waals surface area contributed by atoms with Gasteiger partial charge in [0.25, 0.3) is 5.91 Å². The molecule has 3 aliphatic heterocycles. The molecule has 0 radical (unpaired) electrons. The maximum Gasteiger partial charge on any atom is 0.408 e. The van der Waals surface area contributed by atoms with Crippen LogP contribution < -0.4 is 10.2 Å². The van der Waals surface area contributed by atoms with Gasteiger partial charge in [0, 0.05) is 31.6 Å². The zero-order valence-electron chi connectivity index (χ0n) is 24.9. The standard InChI is InChI=1S/C34H37N3O8/c38-21-23-9-11-25(12-10-23)30-18-28(20-36-13-15-42-16-14-36)44-33(45-30)26-7-4-8-27(17-26)37-31(39)19-29(32(37)40)35-34(41)43-22-24-5-2-1-3-6-24/h1-12,17,28-30,33,38H,13-16,18-22H2,(H,35,41)/t28-,29?,30+,33+/m0/s1. The SMILES string of the molecule is O=C(NC1CC(=O)N(c2cccc([C@@H]3O[C@H](CN4CCOCC4)C[C@H](c4ccc(CO)cc4)O3)c2)C1=O)OCc1ccccc1. The Bertz CT molecular complexity index is 1480. The van der Waals surface area contributed by atoms with Crippen molar-refractivity contribution in [2.45, 2.75) is 50.6 Å². The van der Waals surface area contributed by atoms with Gasteiger partial charge in [0.2, 0.25) is 5.91 Å². The van der Waals surface area contributed by atoms with E-state index in [1.807, 2.05) is 60.7 Å². The number of amides is 3. The van der Waals surface area contributed by atoms with Crippen molar-refractivity contribution in [1.82, 2.24) is 10.2 Å². The second-order valence-electron chi connectivity index (χ2n) is 11.4. The molecule has 11 heteroatoms. The Hall–Kier alpha value is -4.13. The van der Waals surface area contributed by atoms with Crippen molar-refractivity contribution in [3.05, 3.63) is 101 Å². The Labute approximate surface area is 261 Å². The number of benzene rings is 3. The molecule has 236 valence electrons. The lowest BCUT2D eigenvalue weighted by Crippen LogP contribution is -2.44. The van der Waals surface area contributed by atoms with Gasteiger partial charge < -0.3 is 29.4 Å². The number of hydrogen-bond donors (Lipinski definition) is 2. The second kappa shape index (κ2) is 14.3. The molecule has 3 aromatic rings. The minimum Gasteiger partial charge on any atom is -0.445 e. The molecule has 0 bridgehead atoms. The molecule has 3 amide bonds. The Morgan fingerprint density at radius 1 is 0.911 bits per heavy atom. The predicted molar refractivity (Wildman–Crippen MR) is 163 cm³/mol. The Kier molecular flexibility index (Phi) is 9.82. The van der Waals surface area contributed by atoms with Gasteiger partial charge in [-0.15, -0.1) is 0 Å². The fourth-order valence-corrected chi connectivity index (χ4v) is 5.84. The van der Waals surface area contributed by atoms with Crippen molar-refractivity contribution < 1.29 is 38.4 Å². The molecule has 0 aliphatic carbocycles. The van der Waals surface area contributed by atoms with Crippen LogP contribution in [0.4, 0.5) is 10.5 Å². The van der Waals surface area contributed by atoms with Crippen LogP contribution in [0.15, 0.2) is 78.9 Å². The number of carbonyl (C=O) groups is 3. The maximum absolute atomic E-state index is 13.3. The average molecular weight is 616 g/mol. The van der Waals surface area contributed by atoms with Gasteiger partial charge in [-0.2, -0.15) is 0 Å². The second-order valence-corrected chi connectivity index (χ2v) is 11.4. The summed E-state index contributed by atoms with van der Waals surface area (Å²) in [4.78, 5) is 42.2. The third kappa shape index (κ3) is 7.58. The summed E-state index contributed by atoms with van der Waals surface area (Å²) >= 11 is 0. The van der Waals surface area contributed by atoms with E-state index in [2.05, 4.69) is 10.2 Å². The summed E-state index contributed by atoms with van der Waals surface area (Å²) in [5, 5.41) is 12.0. The number of carbonyl (C=O) groups excluding carboxylic acids is 3. The highest BCUT2D eigenvalue weighted by molar-refractivity contribution is 6.22. The molecule has 2 N–H and O–H groups in total. The van der Waals surface area contributed by atoms with Gasteiger partial charge in [0.05, 0.1) is 44.1 Å². The fourth-order valence-electron chi connectivity index (χ4n) is 5.84. The average Bonchev–Trinajstić information content (AvgIpc) is 3.36.